The number of H-pyrrole nitrogens is 1. The lowest BCUT2D eigenvalue weighted by molar-refractivity contribution is 0.214. The fourth-order valence-corrected chi connectivity index (χ4v) is 2.50. The van der Waals surface area contributed by atoms with Crippen molar-refractivity contribution in [3.05, 3.63) is 74.6 Å². The molecule has 27 heavy (non-hydrogen) atoms. The Morgan fingerprint density at radius 2 is 2.00 bits per heavy atom. The second-order valence-corrected chi connectivity index (χ2v) is 6.90. The first-order chi connectivity index (χ1) is 12.8. The van der Waals surface area contributed by atoms with E-state index in [0.29, 0.717) is 18.7 Å². The zero-order valence-corrected chi connectivity index (χ0v) is 17.4. The number of allylic oxidation sites excluding steroid dienone is 6. The highest BCUT2D eigenvalue weighted by molar-refractivity contribution is 5.27. The van der Waals surface area contributed by atoms with Crippen LogP contribution in [0.2, 0.25) is 0 Å². The summed E-state index contributed by atoms with van der Waals surface area (Å²) in [6.45, 7) is 9.82. The Morgan fingerprint density at radius 1 is 1.30 bits per heavy atom. The highest BCUT2D eigenvalue weighted by atomic mass is 16.5. The van der Waals surface area contributed by atoms with Gasteiger partial charge in [-0.1, -0.05) is 41.5 Å². The molecule has 4 nitrogen and oxygen atoms in total. The van der Waals surface area contributed by atoms with Gasteiger partial charge in [0.2, 0.25) is 0 Å². The maximum atomic E-state index is 11.9. The first kappa shape index (κ1) is 22.7. The third-order valence-corrected chi connectivity index (χ3v) is 4.70. The van der Waals surface area contributed by atoms with Crippen LogP contribution in [0.25, 0.3) is 0 Å². The number of ether oxygens (including phenoxy) is 1. The van der Waals surface area contributed by atoms with Gasteiger partial charge >= 0.3 is 0 Å². The standard InChI is InChI=1S/C23H33NO3/c1-7-18(4)21(25)14-12-17(3)10-8-9-16(2)11-13-20-19(5)22(26)15-23(24-20)27-6/h7-8,10-12,15,21,25H,9,13-14H2,1-6H3,(H,24,26)/b10-8+,16-11+,17-12+,18-7+/t21-/m1/s1. The summed E-state index contributed by atoms with van der Waals surface area (Å²) in [5, 5.41) is 9.96. The molecule has 148 valence electrons. The molecule has 1 aromatic rings. The van der Waals surface area contributed by atoms with Crippen LogP contribution in [-0.2, 0) is 6.42 Å². The molecule has 0 unspecified atom stereocenters. The largest absolute Gasteiger partial charge is 0.482 e. The number of hydrogen-bond donors (Lipinski definition) is 2. The van der Waals surface area contributed by atoms with Gasteiger partial charge in [0.25, 0.3) is 0 Å². The smallest absolute Gasteiger partial charge is 0.194 e. The second kappa shape index (κ2) is 11.4. The molecule has 0 aliphatic rings. The highest BCUT2D eigenvalue weighted by Crippen LogP contribution is 2.12. The lowest BCUT2D eigenvalue weighted by Gasteiger charge is -2.08. The van der Waals surface area contributed by atoms with Crippen molar-refractivity contribution in [2.24, 2.45) is 0 Å². The molecular formula is C23H33NO3. The van der Waals surface area contributed by atoms with E-state index in [1.165, 1.54) is 11.6 Å². The third kappa shape index (κ3) is 7.83. The predicted octanol–water partition coefficient (Wildman–Crippen LogP) is 4.79. The Balaban J connectivity index is 2.64. The number of aliphatic hydroxyl groups is 1. The molecule has 2 N–H and O–H groups in total. The van der Waals surface area contributed by atoms with Crippen molar-refractivity contribution in [2.45, 2.75) is 60.0 Å². The number of pyridine rings is 1. The molecule has 0 saturated carbocycles. The molecule has 0 saturated heterocycles. The van der Waals surface area contributed by atoms with Gasteiger partial charge in [0.05, 0.1) is 13.2 Å². The number of aliphatic hydroxyl groups excluding tert-OH is 1. The molecule has 1 atom stereocenters. The molecule has 0 radical (unpaired) electrons. The van der Waals surface area contributed by atoms with Crippen LogP contribution in [0.4, 0.5) is 0 Å². The zero-order valence-electron chi connectivity index (χ0n) is 17.4. The van der Waals surface area contributed by atoms with Crippen LogP contribution in [-0.4, -0.2) is 23.3 Å². The molecule has 0 fully saturated rings. The summed E-state index contributed by atoms with van der Waals surface area (Å²) in [6, 6.07) is 1.47. The van der Waals surface area contributed by atoms with E-state index in [9.17, 15) is 9.90 Å². The van der Waals surface area contributed by atoms with E-state index in [1.54, 1.807) is 7.11 Å². The molecule has 0 spiro atoms. The molecule has 1 heterocycles. The molecule has 0 aliphatic heterocycles. The van der Waals surface area contributed by atoms with Crippen LogP contribution < -0.4 is 10.2 Å². The van der Waals surface area contributed by atoms with Crippen molar-refractivity contribution in [1.82, 2.24) is 4.98 Å². The third-order valence-electron chi connectivity index (χ3n) is 4.70. The first-order valence-corrected chi connectivity index (χ1v) is 9.35. The second-order valence-electron chi connectivity index (χ2n) is 6.90. The van der Waals surface area contributed by atoms with Gasteiger partial charge in [0.1, 0.15) is 0 Å². The van der Waals surface area contributed by atoms with Crippen LogP contribution in [0.15, 0.2) is 58.0 Å². The van der Waals surface area contributed by atoms with Gasteiger partial charge in [-0.15, -0.1) is 0 Å². The van der Waals surface area contributed by atoms with Crippen LogP contribution in [0, 0.1) is 6.92 Å². The SMILES string of the molecule is C/C=C(\C)[C@H](O)C/C=C(C)/C=C/C/C(C)=C/Cc1[nH]c(OC)cc(=O)c1C. The number of rotatable bonds is 9. The average Bonchev–Trinajstić information content (AvgIpc) is 2.66. The van der Waals surface area contributed by atoms with Gasteiger partial charge in [-0.3, -0.25) is 4.79 Å². The lowest BCUT2D eigenvalue weighted by atomic mass is 10.1. The van der Waals surface area contributed by atoms with Crippen molar-refractivity contribution < 1.29 is 9.84 Å². The first-order valence-electron chi connectivity index (χ1n) is 9.35. The number of aromatic nitrogens is 1. The molecule has 1 rings (SSSR count). The van der Waals surface area contributed by atoms with E-state index in [-0.39, 0.29) is 5.43 Å². The summed E-state index contributed by atoms with van der Waals surface area (Å²) in [4.78, 5) is 15.1. The van der Waals surface area contributed by atoms with Crippen molar-refractivity contribution >= 4 is 0 Å². The van der Waals surface area contributed by atoms with E-state index in [2.05, 4.69) is 36.2 Å². The fourth-order valence-electron chi connectivity index (χ4n) is 2.50. The number of aromatic amines is 1. The monoisotopic (exact) mass is 371 g/mol. The molecule has 0 bridgehead atoms. The summed E-state index contributed by atoms with van der Waals surface area (Å²) in [5.41, 5.74) is 4.96. The fraction of sp³-hybridized carbons (Fsp3) is 0.435. The molecule has 0 aromatic carbocycles. The Bertz CT molecular complexity index is 794. The minimum atomic E-state index is -0.409. The molecule has 0 aliphatic carbocycles. The maximum Gasteiger partial charge on any atom is 0.194 e. The molecule has 4 heteroatoms. The van der Waals surface area contributed by atoms with E-state index < -0.39 is 6.10 Å². The zero-order chi connectivity index (χ0) is 20.4. The number of hydrogen-bond acceptors (Lipinski definition) is 3. The lowest BCUT2D eigenvalue weighted by Crippen LogP contribution is -2.10. The summed E-state index contributed by atoms with van der Waals surface area (Å²) < 4.78 is 5.14. The van der Waals surface area contributed by atoms with Crippen LogP contribution in [0.5, 0.6) is 5.88 Å². The Hall–Kier alpha value is -2.33. The Morgan fingerprint density at radius 3 is 2.63 bits per heavy atom. The number of nitrogens with one attached hydrogen (secondary N) is 1. The van der Waals surface area contributed by atoms with Gasteiger partial charge in [-0.25, -0.2) is 0 Å². The number of methoxy groups -OCH3 is 1. The summed E-state index contributed by atoms with van der Waals surface area (Å²) in [6.07, 6.45) is 12.0. The molecule has 0 amide bonds. The van der Waals surface area contributed by atoms with E-state index >= 15 is 0 Å². The van der Waals surface area contributed by atoms with Crippen LogP contribution >= 0.6 is 0 Å². The minimum absolute atomic E-state index is 0.0114. The Kier molecular flexibility index (Phi) is 9.59. The minimum Gasteiger partial charge on any atom is -0.482 e. The van der Waals surface area contributed by atoms with Gasteiger partial charge in [0, 0.05) is 23.7 Å². The highest BCUT2D eigenvalue weighted by Gasteiger charge is 2.05. The van der Waals surface area contributed by atoms with Crippen molar-refractivity contribution in [3.63, 3.8) is 0 Å². The average molecular weight is 372 g/mol. The normalized spacial score (nSPS) is 14.7. The van der Waals surface area contributed by atoms with Gasteiger partial charge < -0.3 is 14.8 Å². The van der Waals surface area contributed by atoms with Gasteiger partial charge in [-0.05, 0) is 53.0 Å². The van der Waals surface area contributed by atoms with Crippen molar-refractivity contribution in [3.8, 4) is 5.88 Å². The van der Waals surface area contributed by atoms with Gasteiger partial charge in [-0.2, -0.15) is 0 Å². The topological polar surface area (TPSA) is 62.3 Å². The van der Waals surface area contributed by atoms with Crippen molar-refractivity contribution in [2.75, 3.05) is 7.11 Å². The molecular weight excluding hydrogens is 338 g/mol. The quantitative estimate of drug-likeness (QED) is 0.484. The molecule has 1 aromatic heterocycles. The van der Waals surface area contributed by atoms with E-state index in [4.69, 9.17) is 4.74 Å². The van der Waals surface area contributed by atoms with Gasteiger partial charge in [0.15, 0.2) is 11.3 Å². The summed E-state index contributed by atoms with van der Waals surface area (Å²) in [7, 11) is 1.55. The predicted molar refractivity (Wildman–Crippen MR) is 113 cm³/mol. The van der Waals surface area contributed by atoms with Crippen LogP contribution in [0.1, 0.15) is 51.8 Å². The van der Waals surface area contributed by atoms with Crippen LogP contribution in [0.3, 0.4) is 0 Å². The summed E-state index contributed by atoms with van der Waals surface area (Å²) in [5.74, 6) is 0.489. The Labute approximate surface area is 163 Å². The summed E-state index contributed by atoms with van der Waals surface area (Å²) >= 11 is 0. The maximum absolute atomic E-state index is 11.9. The van der Waals surface area contributed by atoms with Crippen molar-refractivity contribution in [1.29, 1.82) is 0 Å². The van der Waals surface area contributed by atoms with E-state index in [1.807, 2.05) is 33.8 Å². The van der Waals surface area contributed by atoms with E-state index in [0.717, 1.165) is 28.8 Å².